The van der Waals surface area contributed by atoms with Crippen LogP contribution < -0.4 is 0 Å². The largest absolute Gasteiger partial charge is 0.390 e. The molecule has 0 aliphatic rings. The molecule has 0 aliphatic carbocycles. The van der Waals surface area contributed by atoms with Crippen molar-refractivity contribution in [2.45, 2.75) is 130 Å². The zero-order valence-electron chi connectivity index (χ0n) is 19.0. The van der Waals surface area contributed by atoms with E-state index in [9.17, 15) is 9.59 Å². The molecular weight excluding hydrogens is 348 g/mol. The molecule has 28 heavy (non-hydrogen) atoms. The Hall–Kier alpha value is -1.12. The van der Waals surface area contributed by atoms with Gasteiger partial charge in [0.15, 0.2) is 0 Å². The highest BCUT2D eigenvalue weighted by atomic mass is 16.6. The summed E-state index contributed by atoms with van der Waals surface area (Å²) in [5, 5.41) is 0. The summed E-state index contributed by atoms with van der Waals surface area (Å²) >= 11 is 0. The van der Waals surface area contributed by atoms with Gasteiger partial charge in [-0.1, -0.05) is 117 Å². The molecule has 0 fully saturated rings. The van der Waals surface area contributed by atoms with Gasteiger partial charge in [-0.15, -0.1) is 0 Å². The van der Waals surface area contributed by atoms with Crippen molar-refractivity contribution >= 4 is 11.9 Å². The van der Waals surface area contributed by atoms with Gasteiger partial charge in [0.25, 0.3) is 0 Å². The maximum absolute atomic E-state index is 11.4. The number of ether oxygens (including phenoxy) is 1. The molecule has 0 N–H and O–H groups in total. The Morgan fingerprint density at radius 3 is 1.39 bits per heavy atom. The van der Waals surface area contributed by atoms with E-state index in [2.05, 4.69) is 25.2 Å². The van der Waals surface area contributed by atoms with Gasteiger partial charge in [-0.2, -0.15) is 0 Å². The van der Waals surface area contributed by atoms with Crippen LogP contribution in [0.5, 0.6) is 0 Å². The van der Waals surface area contributed by atoms with Gasteiger partial charge in [0.05, 0.1) is 0 Å². The number of hydrogen-bond acceptors (Lipinski definition) is 3. The van der Waals surface area contributed by atoms with Crippen molar-refractivity contribution in [1.82, 2.24) is 0 Å². The molecular formula is C25H46O3. The molecule has 0 heterocycles. The summed E-state index contributed by atoms with van der Waals surface area (Å²) in [7, 11) is 0. The summed E-state index contributed by atoms with van der Waals surface area (Å²) in [6.07, 6.45) is 21.3. The molecule has 0 radical (unpaired) electrons. The van der Waals surface area contributed by atoms with Crippen LogP contribution in [0, 0.1) is 5.92 Å². The predicted molar refractivity (Wildman–Crippen MR) is 119 cm³/mol. The fourth-order valence-electron chi connectivity index (χ4n) is 3.36. The summed E-state index contributed by atoms with van der Waals surface area (Å²) in [6, 6.07) is 0. The summed E-state index contributed by atoms with van der Waals surface area (Å²) in [5.41, 5.74) is 0.269. The van der Waals surface area contributed by atoms with Crippen molar-refractivity contribution in [1.29, 1.82) is 0 Å². The average molecular weight is 395 g/mol. The Kier molecular flexibility index (Phi) is 18.4. The standard InChI is InChI=1S/C25H46O3/c1-22(2)20-18-16-14-12-10-8-6-5-7-9-11-13-15-17-19-21-24(26)28-25(27)23(3)4/h22H,3,5-21H2,1-2,4H3. The Labute approximate surface area is 174 Å². The van der Waals surface area contributed by atoms with Crippen LogP contribution >= 0.6 is 0 Å². The first-order valence-corrected chi connectivity index (χ1v) is 11.8. The molecule has 0 aromatic rings. The number of unbranched alkanes of at least 4 members (excludes halogenated alkanes) is 14. The highest BCUT2D eigenvalue weighted by Gasteiger charge is 2.10. The minimum atomic E-state index is -0.605. The van der Waals surface area contributed by atoms with Gasteiger partial charge in [0.1, 0.15) is 0 Å². The van der Waals surface area contributed by atoms with Gasteiger partial charge >= 0.3 is 11.9 Å². The monoisotopic (exact) mass is 394 g/mol. The molecule has 0 amide bonds. The van der Waals surface area contributed by atoms with E-state index < -0.39 is 11.9 Å². The van der Waals surface area contributed by atoms with Crippen LogP contribution in [0.3, 0.4) is 0 Å². The van der Waals surface area contributed by atoms with Crippen molar-refractivity contribution in [3.8, 4) is 0 Å². The normalized spacial score (nSPS) is 11.0. The lowest BCUT2D eigenvalue weighted by Gasteiger charge is -2.05. The van der Waals surface area contributed by atoms with E-state index >= 15 is 0 Å². The number of carbonyl (C=O) groups excluding carboxylic acids is 2. The highest BCUT2D eigenvalue weighted by Crippen LogP contribution is 2.15. The molecule has 0 aromatic carbocycles. The SMILES string of the molecule is C=C(C)C(=O)OC(=O)CCCCCCCCCCCCCCCCCC(C)C. The first kappa shape index (κ1) is 26.9. The lowest BCUT2D eigenvalue weighted by Crippen LogP contribution is -2.12. The lowest BCUT2D eigenvalue weighted by atomic mass is 10.0. The van der Waals surface area contributed by atoms with E-state index in [1.165, 1.54) is 89.9 Å². The first-order chi connectivity index (χ1) is 13.4. The van der Waals surface area contributed by atoms with Crippen LogP contribution in [-0.2, 0) is 14.3 Å². The van der Waals surface area contributed by atoms with E-state index in [1.807, 2.05) is 0 Å². The second-order valence-electron chi connectivity index (χ2n) is 8.78. The molecule has 0 unspecified atom stereocenters. The molecule has 0 saturated carbocycles. The quantitative estimate of drug-likeness (QED) is 0.0967. The fourth-order valence-corrected chi connectivity index (χ4v) is 3.36. The fraction of sp³-hybridized carbons (Fsp3) is 0.840. The second kappa shape index (κ2) is 19.2. The predicted octanol–water partition coefficient (Wildman–Crippen LogP) is 7.92. The van der Waals surface area contributed by atoms with E-state index in [0.29, 0.717) is 6.42 Å². The summed E-state index contributed by atoms with van der Waals surface area (Å²) < 4.78 is 4.67. The van der Waals surface area contributed by atoms with Crippen LogP contribution in [0.1, 0.15) is 130 Å². The minimum absolute atomic E-state index is 0.269. The van der Waals surface area contributed by atoms with E-state index in [0.717, 1.165) is 18.8 Å². The molecule has 0 aliphatic heterocycles. The van der Waals surface area contributed by atoms with Crippen LogP contribution in [0.15, 0.2) is 12.2 Å². The molecule has 0 rings (SSSR count). The van der Waals surface area contributed by atoms with Gasteiger partial charge in [0, 0.05) is 12.0 Å². The molecule has 0 bridgehead atoms. The Morgan fingerprint density at radius 1 is 0.679 bits per heavy atom. The summed E-state index contributed by atoms with van der Waals surface area (Å²) in [6.45, 7) is 9.64. The van der Waals surface area contributed by atoms with Gasteiger partial charge in [-0.25, -0.2) is 4.79 Å². The van der Waals surface area contributed by atoms with Crippen LogP contribution in [0.25, 0.3) is 0 Å². The van der Waals surface area contributed by atoms with Crippen LogP contribution in [0.2, 0.25) is 0 Å². The van der Waals surface area contributed by atoms with Crippen molar-refractivity contribution in [3.05, 3.63) is 12.2 Å². The summed E-state index contributed by atoms with van der Waals surface area (Å²) in [5.74, 6) is -0.169. The molecule has 164 valence electrons. The number of esters is 2. The maximum atomic E-state index is 11.4. The van der Waals surface area contributed by atoms with Gasteiger partial charge in [0.2, 0.25) is 0 Å². The van der Waals surface area contributed by atoms with E-state index in [1.54, 1.807) is 6.92 Å². The topological polar surface area (TPSA) is 43.4 Å². The van der Waals surface area contributed by atoms with Gasteiger partial charge in [-0.3, -0.25) is 4.79 Å². The number of carbonyl (C=O) groups is 2. The van der Waals surface area contributed by atoms with Crippen molar-refractivity contribution in [2.24, 2.45) is 5.92 Å². The first-order valence-electron chi connectivity index (χ1n) is 11.8. The number of rotatable bonds is 19. The van der Waals surface area contributed by atoms with Crippen molar-refractivity contribution < 1.29 is 14.3 Å². The van der Waals surface area contributed by atoms with Gasteiger partial charge in [-0.05, 0) is 19.3 Å². The third-order valence-corrected chi connectivity index (χ3v) is 5.22. The smallest absolute Gasteiger partial charge is 0.340 e. The molecule has 0 atom stereocenters. The molecule has 3 nitrogen and oxygen atoms in total. The van der Waals surface area contributed by atoms with Crippen molar-refractivity contribution in [2.75, 3.05) is 0 Å². The Morgan fingerprint density at radius 2 is 1.04 bits per heavy atom. The molecule has 0 spiro atoms. The molecule has 0 aromatic heterocycles. The van der Waals surface area contributed by atoms with Crippen LogP contribution in [-0.4, -0.2) is 11.9 Å². The highest BCUT2D eigenvalue weighted by molar-refractivity contribution is 5.95. The lowest BCUT2D eigenvalue weighted by molar-refractivity contribution is -0.156. The minimum Gasteiger partial charge on any atom is -0.390 e. The number of hydrogen-bond donors (Lipinski definition) is 0. The average Bonchev–Trinajstić information content (AvgIpc) is 2.63. The van der Waals surface area contributed by atoms with Crippen LogP contribution in [0.4, 0.5) is 0 Å². The molecule has 3 heteroatoms. The van der Waals surface area contributed by atoms with Gasteiger partial charge < -0.3 is 4.74 Å². The second-order valence-corrected chi connectivity index (χ2v) is 8.78. The Bertz CT molecular complexity index is 412. The molecule has 0 saturated heterocycles. The van der Waals surface area contributed by atoms with Crippen molar-refractivity contribution in [3.63, 3.8) is 0 Å². The van der Waals surface area contributed by atoms with E-state index in [-0.39, 0.29) is 5.57 Å². The third kappa shape index (κ3) is 19.6. The van der Waals surface area contributed by atoms with E-state index in [4.69, 9.17) is 0 Å². The maximum Gasteiger partial charge on any atom is 0.340 e. The Balaban J connectivity index is 3.19. The summed E-state index contributed by atoms with van der Waals surface area (Å²) in [4.78, 5) is 22.6. The third-order valence-electron chi connectivity index (χ3n) is 5.22. The zero-order chi connectivity index (χ0) is 21.0. The zero-order valence-corrected chi connectivity index (χ0v) is 19.0.